The Morgan fingerprint density at radius 1 is 1.20 bits per heavy atom. The molecule has 4 heteroatoms. The highest BCUT2D eigenvalue weighted by atomic mass is 33.1. The maximum absolute atomic E-state index is 11.5. The molecule has 0 bridgehead atoms. The van der Waals surface area contributed by atoms with Gasteiger partial charge in [0, 0.05) is 0 Å². The molecule has 1 aromatic rings. The summed E-state index contributed by atoms with van der Waals surface area (Å²) in [6.45, 7) is 4.29. The third-order valence-corrected chi connectivity index (χ3v) is 5.26. The molecule has 0 heterocycles. The SMILES string of the molecule is CSS(=O)(=O)c1ccc(CC(C)C)cc1. The van der Waals surface area contributed by atoms with Crippen molar-refractivity contribution >= 4 is 19.7 Å². The predicted molar refractivity (Wildman–Crippen MR) is 65.7 cm³/mol. The lowest BCUT2D eigenvalue weighted by Gasteiger charge is -2.05. The van der Waals surface area contributed by atoms with Crippen molar-refractivity contribution in [3.05, 3.63) is 29.8 Å². The van der Waals surface area contributed by atoms with Crippen molar-refractivity contribution in [3.63, 3.8) is 0 Å². The van der Waals surface area contributed by atoms with Crippen LogP contribution >= 0.6 is 10.8 Å². The Morgan fingerprint density at radius 2 is 1.73 bits per heavy atom. The highest BCUT2D eigenvalue weighted by Gasteiger charge is 2.11. The molecule has 84 valence electrons. The highest BCUT2D eigenvalue weighted by molar-refractivity contribution is 8.71. The smallest absolute Gasteiger partial charge is 0.212 e. The van der Waals surface area contributed by atoms with Crippen LogP contribution in [0, 0.1) is 5.92 Å². The van der Waals surface area contributed by atoms with E-state index in [0.717, 1.165) is 17.2 Å². The number of benzene rings is 1. The van der Waals surface area contributed by atoms with E-state index in [4.69, 9.17) is 0 Å². The van der Waals surface area contributed by atoms with Crippen molar-refractivity contribution in [1.29, 1.82) is 0 Å². The topological polar surface area (TPSA) is 34.1 Å². The van der Waals surface area contributed by atoms with Crippen molar-refractivity contribution in [3.8, 4) is 0 Å². The van der Waals surface area contributed by atoms with Crippen LogP contribution in [0.5, 0.6) is 0 Å². The first-order valence-corrected chi connectivity index (χ1v) is 8.07. The Kier molecular flexibility index (Phi) is 4.22. The van der Waals surface area contributed by atoms with Crippen LogP contribution in [0.15, 0.2) is 29.2 Å². The van der Waals surface area contributed by atoms with Crippen LogP contribution in [0.4, 0.5) is 0 Å². The third-order valence-electron chi connectivity index (χ3n) is 2.08. The van der Waals surface area contributed by atoms with Crippen LogP contribution in [0.25, 0.3) is 0 Å². The summed E-state index contributed by atoms with van der Waals surface area (Å²) in [4.78, 5) is 0.391. The molecule has 0 atom stereocenters. The molecular formula is C11H16O2S2. The van der Waals surface area contributed by atoms with Crippen molar-refractivity contribution in [2.45, 2.75) is 25.2 Å². The zero-order valence-corrected chi connectivity index (χ0v) is 10.9. The normalized spacial score (nSPS) is 12.0. The van der Waals surface area contributed by atoms with Gasteiger partial charge < -0.3 is 0 Å². The number of rotatable bonds is 4. The minimum absolute atomic E-state index is 0.391. The molecule has 0 radical (unpaired) electrons. The lowest BCUT2D eigenvalue weighted by atomic mass is 10.0. The van der Waals surface area contributed by atoms with E-state index in [1.54, 1.807) is 18.4 Å². The molecule has 0 aliphatic heterocycles. The quantitative estimate of drug-likeness (QED) is 0.764. The van der Waals surface area contributed by atoms with E-state index in [1.165, 1.54) is 5.56 Å². The van der Waals surface area contributed by atoms with E-state index in [-0.39, 0.29) is 0 Å². The molecule has 1 rings (SSSR count). The second-order valence-corrected chi connectivity index (χ2v) is 7.89. The molecule has 0 aliphatic rings. The highest BCUT2D eigenvalue weighted by Crippen LogP contribution is 2.21. The van der Waals surface area contributed by atoms with Crippen LogP contribution in [-0.4, -0.2) is 14.7 Å². The van der Waals surface area contributed by atoms with Gasteiger partial charge in [-0.3, -0.25) is 0 Å². The Bertz CT molecular complexity index is 405. The lowest BCUT2D eigenvalue weighted by Crippen LogP contribution is -1.97. The van der Waals surface area contributed by atoms with E-state index in [2.05, 4.69) is 13.8 Å². The van der Waals surface area contributed by atoms with Crippen molar-refractivity contribution < 1.29 is 8.42 Å². The molecule has 0 aromatic heterocycles. The zero-order chi connectivity index (χ0) is 11.5. The van der Waals surface area contributed by atoms with Gasteiger partial charge in [-0.1, -0.05) is 26.0 Å². The molecule has 0 aliphatic carbocycles. The molecule has 0 saturated heterocycles. The summed E-state index contributed by atoms with van der Waals surface area (Å²) in [5, 5.41) is 0. The van der Waals surface area contributed by atoms with Gasteiger partial charge in [0.2, 0.25) is 8.87 Å². The second-order valence-electron chi connectivity index (χ2n) is 3.86. The van der Waals surface area contributed by atoms with Gasteiger partial charge in [0.15, 0.2) is 0 Å². The molecule has 0 saturated carbocycles. The van der Waals surface area contributed by atoms with E-state index >= 15 is 0 Å². The lowest BCUT2D eigenvalue weighted by molar-refractivity contribution is 0.610. The average Bonchev–Trinajstić information content (AvgIpc) is 2.18. The molecule has 0 unspecified atom stereocenters. The maximum atomic E-state index is 11.5. The summed E-state index contributed by atoms with van der Waals surface area (Å²) in [6.07, 6.45) is 2.57. The third kappa shape index (κ3) is 3.54. The fourth-order valence-corrected chi connectivity index (χ4v) is 2.93. The van der Waals surface area contributed by atoms with Gasteiger partial charge in [0.25, 0.3) is 0 Å². The Labute approximate surface area is 95.4 Å². The Balaban J connectivity index is 2.91. The largest absolute Gasteiger partial charge is 0.229 e. The molecular weight excluding hydrogens is 228 g/mol. The summed E-state index contributed by atoms with van der Waals surface area (Å²) in [7, 11) is -2.25. The minimum Gasteiger partial charge on any atom is -0.212 e. The van der Waals surface area contributed by atoms with Crippen LogP contribution in [0.1, 0.15) is 19.4 Å². The van der Waals surface area contributed by atoms with Crippen LogP contribution in [0.3, 0.4) is 0 Å². The van der Waals surface area contributed by atoms with Gasteiger partial charge in [0.1, 0.15) is 0 Å². The van der Waals surface area contributed by atoms with Crippen molar-refractivity contribution in [2.75, 3.05) is 6.26 Å². The van der Waals surface area contributed by atoms with E-state index in [1.807, 2.05) is 12.1 Å². The van der Waals surface area contributed by atoms with E-state index in [9.17, 15) is 8.42 Å². The molecule has 0 spiro atoms. The molecule has 0 N–H and O–H groups in total. The average molecular weight is 244 g/mol. The Morgan fingerprint density at radius 3 is 2.13 bits per heavy atom. The molecule has 0 fully saturated rings. The van der Waals surface area contributed by atoms with Crippen LogP contribution in [0.2, 0.25) is 0 Å². The molecule has 1 aromatic carbocycles. The fraction of sp³-hybridized carbons (Fsp3) is 0.455. The van der Waals surface area contributed by atoms with E-state index < -0.39 is 8.87 Å². The van der Waals surface area contributed by atoms with Gasteiger partial charge >= 0.3 is 0 Å². The second kappa shape index (κ2) is 5.03. The Hall–Kier alpha value is -0.480. The van der Waals surface area contributed by atoms with E-state index in [0.29, 0.717) is 10.8 Å². The van der Waals surface area contributed by atoms with Crippen LogP contribution in [-0.2, 0) is 15.3 Å². The summed E-state index contributed by atoms with van der Waals surface area (Å²) in [5.74, 6) is 0.591. The summed E-state index contributed by atoms with van der Waals surface area (Å²) < 4.78 is 23.0. The maximum Gasteiger partial charge on any atom is 0.229 e. The van der Waals surface area contributed by atoms with Crippen molar-refractivity contribution in [2.24, 2.45) is 5.92 Å². The standard InChI is InChI=1S/C11H16O2S2/c1-9(2)8-10-4-6-11(7-5-10)15(12,13)14-3/h4-7,9H,8H2,1-3H3. The molecule has 0 amide bonds. The van der Waals surface area contributed by atoms with Gasteiger partial charge in [-0.25, -0.2) is 8.42 Å². The summed E-state index contributed by atoms with van der Waals surface area (Å²) >= 11 is 0. The first-order chi connectivity index (χ1) is 6.95. The molecule has 2 nitrogen and oxygen atoms in total. The number of hydrogen-bond donors (Lipinski definition) is 0. The molecule has 15 heavy (non-hydrogen) atoms. The zero-order valence-electron chi connectivity index (χ0n) is 9.23. The first-order valence-electron chi connectivity index (χ1n) is 4.85. The monoisotopic (exact) mass is 244 g/mol. The fourth-order valence-electron chi connectivity index (χ4n) is 1.36. The van der Waals surface area contributed by atoms with Gasteiger partial charge in [-0.15, -0.1) is 0 Å². The van der Waals surface area contributed by atoms with Crippen molar-refractivity contribution in [1.82, 2.24) is 0 Å². The van der Waals surface area contributed by atoms with Gasteiger partial charge in [-0.05, 0) is 47.1 Å². The minimum atomic E-state index is -3.13. The van der Waals surface area contributed by atoms with Gasteiger partial charge in [-0.2, -0.15) is 0 Å². The van der Waals surface area contributed by atoms with Crippen LogP contribution < -0.4 is 0 Å². The summed E-state index contributed by atoms with van der Waals surface area (Å²) in [5.41, 5.74) is 1.19. The first kappa shape index (κ1) is 12.6. The van der Waals surface area contributed by atoms with Gasteiger partial charge in [0.05, 0.1) is 4.90 Å². The predicted octanol–water partition coefficient (Wildman–Crippen LogP) is 2.94. The summed E-state index contributed by atoms with van der Waals surface area (Å²) in [6, 6.07) is 7.15. The number of hydrogen-bond acceptors (Lipinski definition) is 3.